The van der Waals surface area contributed by atoms with E-state index in [1.807, 2.05) is 39.8 Å². The van der Waals surface area contributed by atoms with Crippen LogP contribution in [0.5, 0.6) is 11.5 Å². The first-order valence-corrected chi connectivity index (χ1v) is 11.1. The lowest BCUT2D eigenvalue weighted by Crippen LogP contribution is -2.32. The minimum absolute atomic E-state index is 0.0208. The molecule has 0 aromatic heterocycles. The molecule has 0 aliphatic carbocycles. The Morgan fingerprint density at radius 1 is 1.09 bits per heavy atom. The second-order valence-corrected chi connectivity index (χ2v) is 8.60. The number of amides is 1. The third-order valence-corrected chi connectivity index (χ3v) is 5.92. The van der Waals surface area contributed by atoms with Gasteiger partial charge in [0.05, 0.1) is 23.8 Å². The summed E-state index contributed by atoms with van der Waals surface area (Å²) in [6.07, 6.45) is 0.669. The number of carbonyl (C=O) groups excluding carboxylic acids is 2. The van der Waals surface area contributed by atoms with Gasteiger partial charge in [0.1, 0.15) is 17.3 Å². The molecule has 1 saturated heterocycles. The number of ether oxygens (including phenoxy) is 1. The smallest absolute Gasteiger partial charge is 0.295 e. The van der Waals surface area contributed by atoms with Crippen LogP contribution in [0, 0.1) is 13.8 Å². The summed E-state index contributed by atoms with van der Waals surface area (Å²) in [5, 5.41) is 21.7. The Hall–Kier alpha value is -3.32. The molecule has 7 nitrogen and oxygen atoms in total. The zero-order valence-electron chi connectivity index (χ0n) is 19.9. The maximum atomic E-state index is 13.1. The fraction of sp³-hybridized carbons (Fsp3) is 0.385. The molecule has 1 atom stereocenters. The first-order chi connectivity index (χ1) is 15.6. The number of hydrogen-bond acceptors (Lipinski definition) is 6. The summed E-state index contributed by atoms with van der Waals surface area (Å²) in [5.74, 6) is -1.24. The number of ketones is 1. The Balaban J connectivity index is 2.13. The van der Waals surface area contributed by atoms with Crippen molar-refractivity contribution >= 4 is 17.4 Å². The van der Waals surface area contributed by atoms with Gasteiger partial charge in [-0.2, -0.15) is 0 Å². The highest BCUT2D eigenvalue weighted by molar-refractivity contribution is 6.46. The van der Waals surface area contributed by atoms with Crippen LogP contribution >= 0.6 is 0 Å². The van der Waals surface area contributed by atoms with Crippen LogP contribution in [0.15, 0.2) is 42.0 Å². The number of phenols is 1. The highest BCUT2D eigenvalue weighted by Gasteiger charge is 2.46. The molecular weight excluding hydrogens is 420 g/mol. The number of rotatable bonds is 8. The van der Waals surface area contributed by atoms with Crippen LogP contribution < -0.4 is 4.74 Å². The van der Waals surface area contributed by atoms with E-state index >= 15 is 0 Å². The quantitative estimate of drug-likeness (QED) is 0.360. The van der Waals surface area contributed by atoms with Crippen molar-refractivity contribution in [2.24, 2.45) is 0 Å². The Labute approximate surface area is 194 Å². The molecule has 1 aliphatic rings. The molecule has 1 heterocycles. The number of carbonyl (C=O) groups is 2. The molecular formula is C26H32N2O5. The molecule has 1 aliphatic heterocycles. The fourth-order valence-electron chi connectivity index (χ4n) is 4.06. The second kappa shape index (κ2) is 10.1. The minimum atomic E-state index is -0.760. The number of aryl methyl sites for hydroxylation is 2. The van der Waals surface area contributed by atoms with Gasteiger partial charge in [-0.25, -0.2) is 0 Å². The summed E-state index contributed by atoms with van der Waals surface area (Å²) in [5.41, 5.74) is 2.52. The van der Waals surface area contributed by atoms with E-state index in [1.54, 1.807) is 36.4 Å². The van der Waals surface area contributed by atoms with Gasteiger partial charge in [0, 0.05) is 6.54 Å². The van der Waals surface area contributed by atoms with Crippen LogP contribution in [0.25, 0.3) is 5.76 Å². The van der Waals surface area contributed by atoms with Crippen molar-refractivity contribution in [3.63, 3.8) is 0 Å². The van der Waals surface area contributed by atoms with Crippen LogP contribution in [0.1, 0.15) is 41.6 Å². The molecule has 176 valence electrons. The number of Topliss-reactive ketones (excluding diaryl/α,β-unsaturated/α-hetero) is 1. The molecule has 7 heteroatoms. The Morgan fingerprint density at radius 2 is 1.73 bits per heavy atom. The van der Waals surface area contributed by atoms with E-state index in [1.165, 1.54) is 4.90 Å². The maximum Gasteiger partial charge on any atom is 0.295 e. The summed E-state index contributed by atoms with van der Waals surface area (Å²) >= 11 is 0. The van der Waals surface area contributed by atoms with Crippen molar-refractivity contribution in [3.05, 3.63) is 64.2 Å². The summed E-state index contributed by atoms with van der Waals surface area (Å²) in [4.78, 5) is 29.6. The molecule has 1 amide bonds. The number of hydrogen-bond donors (Lipinski definition) is 2. The molecule has 2 aromatic carbocycles. The highest BCUT2D eigenvalue weighted by atomic mass is 16.5. The van der Waals surface area contributed by atoms with E-state index in [0.717, 1.165) is 17.7 Å². The van der Waals surface area contributed by atoms with E-state index in [0.29, 0.717) is 30.9 Å². The highest BCUT2D eigenvalue weighted by Crippen LogP contribution is 2.41. The number of aromatic hydroxyl groups is 1. The van der Waals surface area contributed by atoms with Gasteiger partial charge < -0.3 is 24.7 Å². The lowest BCUT2D eigenvalue weighted by Gasteiger charge is -2.26. The van der Waals surface area contributed by atoms with Crippen LogP contribution in [-0.2, 0) is 9.59 Å². The minimum Gasteiger partial charge on any atom is -0.507 e. The molecule has 33 heavy (non-hydrogen) atoms. The molecule has 0 bridgehead atoms. The Kier molecular flexibility index (Phi) is 7.43. The summed E-state index contributed by atoms with van der Waals surface area (Å²) < 4.78 is 5.52. The third kappa shape index (κ3) is 5.03. The van der Waals surface area contributed by atoms with E-state index in [9.17, 15) is 19.8 Å². The van der Waals surface area contributed by atoms with E-state index in [2.05, 4.69) is 0 Å². The van der Waals surface area contributed by atoms with E-state index in [-0.39, 0.29) is 22.6 Å². The van der Waals surface area contributed by atoms with Crippen LogP contribution in [0.4, 0.5) is 0 Å². The maximum absolute atomic E-state index is 13.1. The van der Waals surface area contributed by atoms with Crippen LogP contribution in [0.3, 0.4) is 0 Å². The molecule has 0 saturated carbocycles. The SMILES string of the molecule is CCOc1ccc([C@H]2C(=C(O)c3cc(C)c(C)cc3O)C(=O)C(=O)N2CCCN(C)C)cc1. The number of aliphatic hydroxyl groups is 1. The van der Waals surface area contributed by atoms with Crippen molar-refractivity contribution in [2.75, 3.05) is 33.8 Å². The molecule has 2 aromatic rings. The van der Waals surface area contributed by atoms with Gasteiger partial charge in [-0.05, 0) is 88.8 Å². The molecule has 1 fully saturated rings. The molecule has 3 rings (SSSR count). The van der Waals surface area contributed by atoms with Crippen LogP contribution in [0.2, 0.25) is 0 Å². The van der Waals surface area contributed by atoms with Gasteiger partial charge in [-0.3, -0.25) is 9.59 Å². The second-order valence-electron chi connectivity index (χ2n) is 8.60. The number of likely N-dealkylation sites (tertiary alicyclic amines) is 1. The monoisotopic (exact) mass is 452 g/mol. The van der Waals surface area contributed by atoms with Gasteiger partial charge in [-0.1, -0.05) is 12.1 Å². The number of nitrogens with zero attached hydrogens (tertiary/aromatic N) is 2. The molecule has 0 radical (unpaired) electrons. The number of phenolic OH excluding ortho intramolecular Hbond substituents is 1. The lowest BCUT2D eigenvalue weighted by atomic mass is 9.93. The summed E-state index contributed by atoms with van der Waals surface area (Å²) in [6, 6.07) is 9.59. The predicted octanol–water partition coefficient (Wildman–Crippen LogP) is 3.78. The molecule has 0 unspecified atom stereocenters. The van der Waals surface area contributed by atoms with Gasteiger partial charge in [0.2, 0.25) is 0 Å². The van der Waals surface area contributed by atoms with Gasteiger partial charge in [-0.15, -0.1) is 0 Å². The third-order valence-electron chi connectivity index (χ3n) is 5.92. The molecule has 2 N–H and O–H groups in total. The Bertz CT molecular complexity index is 1070. The molecule has 0 spiro atoms. The van der Waals surface area contributed by atoms with E-state index < -0.39 is 17.7 Å². The normalized spacial score (nSPS) is 17.8. The topological polar surface area (TPSA) is 90.3 Å². The Morgan fingerprint density at radius 3 is 2.33 bits per heavy atom. The average Bonchev–Trinajstić information content (AvgIpc) is 3.01. The lowest BCUT2D eigenvalue weighted by molar-refractivity contribution is -0.139. The van der Waals surface area contributed by atoms with Gasteiger partial charge in [0.25, 0.3) is 11.7 Å². The average molecular weight is 453 g/mol. The first-order valence-electron chi connectivity index (χ1n) is 11.1. The summed E-state index contributed by atoms with van der Waals surface area (Å²) in [7, 11) is 3.89. The number of benzene rings is 2. The van der Waals surface area contributed by atoms with Gasteiger partial charge >= 0.3 is 0 Å². The summed E-state index contributed by atoms with van der Waals surface area (Å²) in [6.45, 7) is 7.23. The van der Waals surface area contributed by atoms with E-state index in [4.69, 9.17) is 4.74 Å². The first kappa shape index (κ1) is 24.3. The van der Waals surface area contributed by atoms with Crippen molar-refractivity contribution in [1.29, 1.82) is 0 Å². The van der Waals surface area contributed by atoms with Crippen molar-refractivity contribution in [2.45, 2.75) is 33.2 Å². The van der Waals surface area contributed by atoms with Crippen molar-refractivity contribution in [1.82, 2.24) is 9.80 Å². The van der Waals surface area contributed by atoms with Crippen molar-refractivity contribution < 1.29 is 24.5 Å². The van der Waals surface area contributed by atoms with Crippen molar-refractivity contribution in [3.8, 4) is 11.5 Å². The standard InChI is InChI=1S/C26H32N2O5/c1-6-33-19-10-8-18(9-11-19)23-22(24(30)20-14-16(2)17(3)15-21(20)29)25(31)26(32)28(23)13-7-12-27(4)5/h8-11,14-15,23,29-30H,6-7,12-13H2,1-5H3/t23-/m0/s1. The predicted molar refractivity (Wildman–Crippen MR) is 127 cm³/mol. The number of aliphatic hydroxyl groups excluding tert-OH is 1. The van der Waals surface area contributed by atoms with Gasteiger partial charge in [0.15, 0.2) is 0 Å². The zero-order valence-corrected chi connectivity index (χ0v) is 19.9. The zero-order chi connectivity index (χ0) is 24.3. The van der Waals surface area contributed by atoms with Crippen LogP contribution in [-0.4, -0.2) is 65.5 Å². The fourth-order valence-corrected chi connectivity index (χ4v) is 4.06. The largest absolute Gasteiger partial charge is 0.507 e.